The second-order valence-electron chi connectivity index (χ2n) is 5.94. The van der Waals surface area contributed by atoms with Gasteiger partial charge in [-0.2, -0.15) is 0 Å². The van der Waals surface area contributed by atoms with Crippen LogP contribution in [0.3, 0.4) is 0 Å². The Balaban J connectivity index is 1.28. The van der Waals surface area contributed by atoms with Gasteiger partial charge in [0, 0.05) is 23.7 Å². The molecule has 1 atom stereocenters. The fraction of sp³-hybridized carbons (Fsp3) is 0.211. The summed E-state index contributed by atoms with van der Waals surface area (Å²) in [6.07, 6.45) is -0.442. The van der Waals surface area contributed by atoms with E-state index in [0.29, 0.717) is 35.9 Å². The van der Waals surface area contributed by atoms with Gasteiger partial charge in [-0.1, -0.05) is 18.2 Å². The van der Waals surface area contributed by atoms with Crippen LogP contribution in [0.25, 0.3) is 11.0 Å². The number of fused-ring (bicyclic) bond motifs is 2. The van der Waals surface area contributed by atoms with E-state index in [2.05, 4.69) is 10.6 Å². The van der Waals surface area contributed by atoms with Crippen molar-refractivity contribution in [3.63, 3.8) is 0 Å². The number of rotatable bonds is 5. The summed E-state index contributed by atoms with van der Waals surface area (Å²) in [6.45, 7) is 0.485. The van der Waals surface area contributed by atoms with Crippen molar-refractivity contribution >= 4 is 22.7 Å². The van der Waals surface area contributed by atoms with Gasteiger partial charge in [-0.3, -0.25) is 0 Å². The number of amides is 2. The van der Waals surface area contributed by atoms with Crippen molar-refractivity contribution < 1.29 is 23.8 Å². The van der Waals surface area contributed by atoms with Gasteiger partial charge < -0.3 is 29.6 Å². The van der Waals surface area contributed by atoms with Crippen LogP contribution in [0.2, 0.25) is 0 Å². The molecule has 1 aliphatic rings. The van der Waals surface area contributed by atoms with Crippen molar-refractivity contribution in [3.8, 4) is 11.5 Å². The zero-order chi connectivity index (χ0) is 17.9. The quantitative estimate of drug-likeness (QED) is 0.653. The molecule has 7 nitrogen and oxygen atoms in total. The zero-order valence-corrected chi connectivity index (χ0v) is 13.9. The number of furan rings is 1. The molecular formula is C19H18N2O5. The Kier molecular flexibility index (Phi) is 4.37. The molecule has 1 aliphatic heterocycles. The summed E-state index contributed by atoms with van der Waals surface area (Å²) in [7, 11) is 0. The maximum atomic E-state index is 12.0. The highest BCUT2D eigenvalue weighted by Crippen LogP contribution is 2.34. The first-order chi connectivity index (χ1) is 12.7. The van der Waals surface area contributed by atoms with Crippen molar-refractivity contribution in [2.45, 2.75) is 12.5 Å². The van der Waals surface area contributed by atoms with Gasteiger partial charge in [-0.15, -0.1) is 0 Å². The van der Waals surface area contributed by atoms with E-state index in [1.165, 1.54) is 0 Å². The standard InChI is InChI=1S/C19H18N2O5/c22-14(17-9-12-3-1-2-4-15(12)26-17)7-8-20-19(23)21-13-5-6-16-18(10-13)25-11-24-16/h1-6,9-10,14,22H,7-8,11H2,(H2,20,21,23)/t14-/m0/s1. The van der Waals surface area contributed by atoms with Crippen molar-refractivity contribution in [2.75, 3.05) is 18.7 Å². The molecule has 3 aromatic rings. The van der Waals surface area contributed by atoms with Crippen LogP contribution in [-0.2, 0) is 0 Å². The van der Waals surface area contributed by atoms with E-state index in [1.807, 2.05) is 30.3 Å². The van der Waals surface area contributed by atoms with Gasteiger partial charge in [0.15, 0.2) is 11.5 Å². The van der Waals surface area contributed by atoms with Crippen molar-refractivity contribution in [3.05, 3.63) is 54.3 Å². The van der Waals surface area contributed by atoms with Crippen LogP contribution in [0.4, 0.5) is 10.5 Å². The molecule has 0 bridgehead atoms. The Bertz CT molecular complexity index is 904. The molecule has 0 spiro atoms. The topological polar surface area (TPSA) is 93.0 Å². The van der Waals surface area contributed by atoms with E-state index in [4.69, 9.17) is 13.9 Å². The van der Waals surface area contributed by atoms with Gasteiger partial charge in [0.25, 0.3) is 0 Å². The third-order valence-electron chi connectivity index (χ3n) is 4.11. The van der Waals surface area contributed by atoms with Crippen LogP contribution in [0.15, 0.2) is 52.9 Å². The lowest BCUT2D eigenvalue weighted by Crippen LogP contribution is -2.30. The summed E-state index contributed by atoms with van der Waals surface area (Å²) in [6, 6.07) is 14.2. The van der Waals surface area contributed by atoms with E-state index >= 15 is 0 Å². The van der Waals surface area contributed by atoms with E-state index in [1.54, 1.807) is 18.2 Å². The van der Waals surface area contributed by atoms with Gasteiger partial charge in [-0.25, -0.2) is 4.79 Å². The molecule has 0 saturated heterocycles. The smallest absolute Gasteiger partial charge is 0.319 e. The van der Waals surface area contributed by atoms with Gasteiger partial charge in [0.1, 0.15) is 17.4 Å². The van der Waals surface area contributed by atoms with Gasteiger partial charge >= 0.3 is 6.03 Å². The van der Waals surface area contributed by atoms with Crippen LogP contribution in [0.5, 0.6) is 11.5 Å². The van der Waals surface area contributed by atoms with Gasteiger partial charge in [-0.05, 0) is 30.7 Å². The molecule has 0 fully saturated rings. The highest BCUT2D eigenvalue weighted by Gasteiger charge is 2.15. The number of anilines is 1. The van der Waals surface area contributed by atoms with Crippen molar-refractivity contribution in [1.29, 1.82) is 0 Å². The van der Waals surface area contributed by atoms with Crippen LogP contribution < -0.4 is 20.1 Å². The molecule has 7 heteroatoms. The number of benzene rings is 2. The van der Waals surface area contributed by atoms with Crippen LogP contribution in [0, 0.1) is 0 Å². The molecule has 0 aliphatic carbocycles. The summed E-state index contributed by atoms with van der Waals surface area (Å²) in [4.78, 5) is 12.0. The molecule has 134 valence electrons. The summed E-state index contributed by atoms with van der Waals surface area (Å²) in [5.74, 6) is 1.75. The minimum atomic E-state index is -0.784. The summed E-state index contributed by atoms with van der Waals surface area (Å²) in [5, 5.41) is 16.6. The maximum Gasteiger partial charge on any atom is 0.319 e. The van der Waals surface area contributed by atoms with Crippen LogP contribution in [0.1, 0.15) is 18.3 Å². The number of urea groups is 1. The SMILES string of the molecule is O=C(NCC[C@H](O)c1cc2ccccc2o1)Nc1ccc2c(c1)OCO2. The molecule has 3 N–H and O–H groups in total. The Labute approximate surface area is 149 Å². The molecule has 2 amide bonds. The lowest BCUT2D eigenvalue weighted by Gasteiger charge is -2.10. The first-order valence-corrected chi connectivity index (χ1v) is 8.30. The number of aliphatic hydroxyl groups excluding tert-OH is 1. The third-order valence-corrected chi connectivity index (χ3v) is 4.11. The number of carbonyl (C=O) groups excluding carboxylic acids is 1. The fourth-order valence-electron chi connectivity index (χ4n) is 2.78. The number of ether oxygens (including phenoxy) is 2. The minimum Gasteiger partial charge on any atom is -0.458 e. The Morgan fingerprint density at radius 3 is 2.85 bits per heavy atom. The predicted octanol–water partition coefficient (Wildman–Crippen LogP) is 3.41. The molecule has 1 aromatic heterocycles. The Morgan fingerprint density at radius 2 is 1.96 bits per heavy atom. The lowest BCUT2D eigenvalue weighted by atomic mass is 10.2. The zero-order valence-electron chi connectivity index (χ0n) is 13.9. The van der Waals surface area contributed by atoms with E-state index < -0.39 is 6.10 Å². The molecule has 26 heavy (non-hydrogen) atoms. The van der Waals surface area contributed by atoms with Crippen LogP contribution >= 0.6 is 0 Å². The maximum absolute atomic E-state index is 12.0. The van der Waals surface area contributed by atoms with Crippen molar-refractivity contribution in [2.24, 2.45) is 0 Å². The average Bonchev–Trinajstić information content (AvgIpc) is 3.27. The molecular weight excluding hydrogens is 336 g/mol. The molecule has 0 unspecified atom stereocenters. The molecule has 0 saturated carbocycles. The molecule has 2 heterocycles. The molecule has 2 aromatic carbocycles. The van der Waals surface area contributed by atoms with E-state index in [9.17, 15) is 9.90 Å². The van der Waals surface area contributed by atoms with Gasteiger partial charge in [0.2, 0.25) is 6.79 Å². The lowest BCUT2D eigenvalue weighted by molar-refractivity contribution is 0.143. The minimum absolute atomic E-state index is 0.185. The first-order valence-electron chi connectivity index (χ1n) is 8.30. The van der Waals surface area contributed by atoms with E-state index in [0.717, 1.165) is 11.0 Å². The third kappa shape index (κ3) is 3.43. The highest BCUT2D eigenvalue weighted by molar-refractivity contribution is 5.89. The Hall–Kier alpha value is -3.19. The molecule has 0 radical (unpaired) electrons. The average molecular weight is 354 g/mol. The number of carbonyl (C=O) groups is 1. The number of hydrogen-bond acceptors (Lipinski definition) is 5. The number of para-hydroxylation sites is 1. The number of aliphatic hydroxyl groups is 1. The predicted molar refractivity (Wildman–Crippen MR) is 95.4 cm³/mol. The number of hydrogen-bond donors (Lipinski definition) is 3. The second-order valence-corrected chi connectivity index (χ2v) is 5.94. The van der Waals surface area contributed by atoms with Crippen LogP contribution in [-0.4, -0.2) is 24.5 Å². The molecule has 4 rings (SSSR count). The number of nitrogens with one attached hydrogen (secondary N) is 2. The Morgan fingerprint density at radius 1 is 1.12 bits per heavy atom. The summed E-state index contributed by atoms with van der Waals surface area (Å²) >= 11 is 0. The largest absolute Gasteiger partial charge is 0.458 e. The highest BCUT2D eigenvalue weighted by atomic mass is 16.7. The summed E-state index contributed by atoms with van der Waals surface area (Å²) < 4.78 is 16.1. The second kappa shape index (κ2) is 6.97. The van der Waals surface area contributed by atoms with Crippen molar-refractivity contribution in [1.82, 2.24) is 5.32 Å². The van der Waals surface area contributed by atoms with E-state index in [-0.39, 0.29) is 12.8 Å². The fourth-order valence-corrected chi connectivity index (χ4v) is 2.78. The first kappa shape index (κ1) is 16.3. The van der Waals surface area contributed by atoms with Gasteiger partial charge in [0.05, 0.1) is 0 Å². The monoisotopic (exact) mass is 354 g/mol. The normalized spacial score (nSPS) is 13.6. The summed E-state index contributed by atoms with van der Waals surface area (Å²) in [5.41, 5.74) is 1.33.